The number of aryl methyl sites for hydroxylation is 1. The van der Waals surface area contributed by atoms with Crippen LogP contribution in [0.5, 0.6) is 5.75 Å². The van der Waals surface area contributed by atoms with Gasteiger partial charge in [0.25, 0.3) is 0 Å². The second-order valence-corrected chi connectivity index (χ2v) is 6.81. The number of halogens is 1. The lowest BCUT2D eigenvalue weighted by molar-refractivity contribution is 0.0888. The summed E-state index contributed by atoms with van der Waals surface area (Å²) in [7, 11) is 0. The van der Waals surface area contributed by atoms with Crippen molar-refractivity contribution in [2.75, 3.05) is 46.1 Å². The molecule has 6 nitrogen and oxygen atoms in total. The molecule has 1 atom stereocenters. The maximum atomic E-state index is 5.74. The SMILES string of the molecule is CCNC(=NCc1ccc(OCC)c(C)c1)NCCCOCC1CCOC1.I. The van der Waals surface area contributed by atoms with E-state index in [0.29, 0.717) is 19.1 Å². The first-order chi connectivity index (χ1) is 13.2. The summed E-state index contributed by atoms with van der Waals surface area (Å²) >= 11 is 0. The van der Waals surface area contributed by atoms with Crippen LogP contribution in [-0.2, 0) is 16.0 Å². The molecular formula is C21H36IN3O3. The summed E-state index contributed by atoms with van der Waals surface area (Å²) in [6, 6.07) is 6.24. The Hall–Kier alpha value is -1.06. The molecular weight excluding hydrogens is 469 g/mol. The fourth-order valence-corrected chi connectivity index (χ4v) is 2.99. The van der Waals surface area contributed by atoms with Gasteiger partial charge in [0, 0.05) is 32.2 Å². The molecule has 0 amide bonds. The van der Waals surface area contributed by atoms with Crippen LogP contribution in [0.15, 0.2) is 23.2 Å². The lowest BCUT2D eigenvalue weighted by atomic mass is 10.1. The molecule has 1 heterocycles. The van der Waals surface area contributed by atoms with Gasteiger partial charge in [0.2, 0.25) is 0 Å². The number of aliphatic imine (C=N–C) groups is 1. The minimum Gasteiger partial charge on any atom is -0.494 e. The monoisotopic (exact) mass is 505 g/mol. The van der Waals surface area contributed by atoms with Crippen LogP contribution in [0.25, 0.3) is 0 Å². The van der Waals surface area contributed by atoms with E-state index in [2.05, 4.69) is 41.6 Å². The van der Waals surface area contributed by atoms with Gasteiger partial charge in [0.05, 0.1) is 26.4 Å². The quantitative estimate of drug-likeness (QED) is 0.209. The molecule has 0 aliphatic carbocycles. The summed E-state index contributed by atoms with van der Waals surface area (Å²) in [5.41, 5.74) is 2.32. The summed E-state index contributed by atoms with van der Waals surface area (Å²) < 4.78 is 16.7. The van der Waals surface area contributed by atoms with Crippen LogP contribution in [0.3, 0.4) is 0 Å². The van der Waals surface area contributed by atoms with E-state index in [1.807, 2.05) is 13.0 Å². The molecule has 1 aromatic rings. The number of nitrogens with zero attached hydrogens (tertiary/aromatic N) is 1. The highest BCUT2D eigenvalue weighted by atomic mass is 127. The predicted octanol–water partition coefficient (Wildman–Crippen LogP) is 3.51. The molecule has 160 valence electrons. The standard InChI is InChI=1S/C21H35N3O3.HI/c1-4-22-21(23-10-6-11-25-15-19-9-12-26-16-19)24-14-18-7-8-20(27-5-2)17(3)13-18;/h7-8,13,19H,4-6,9-12,14-16H2,1-3H3,(H2,22,23,24);1H. The summed E-state index contributed by atoms with van der Waals surface area (Å²) in [5.74, 6) is 2.36. The average Bonchev–Trinajstić information content (AvgIpc) is 3.18. The number of guanidine groups is 1. The van der Waals surface area contributed by atoms with E-state index in [1.54, 1.807) is 0 Å². The van der Waals surface area contributed by atoms with Gasteiger partial charge in [-0.15, -0.1) is 24.0 Å². The minimum absolute atomic E-state index is 0. The third-order valence-corrected chi connectivity index (χ3v) is 4.44. The van der Waals surface area contributed by atoms with Crippen molar-refractivity contribution in [2.24, 2.45) is 10.9 Å². The first-order valence-electron chi connectivity index (χ1n) is 10.1. The Morgan fingerprint density at radius 1 is 1.29 bits per heavy atom. The number of benzene rings is 1. The molecule has 0 saturated carbocycles. The van der Waals surface area contributed by atoms with Crippen LogP contribution >= 0.6 is 24.0 Å². The molecule has 1 aliphatic heterocycles. The van der Waals surface area contributed by atoms with Gasteiger partial charge >= 0.3 is 0 Å². The molecule has 1 fully saturated rings. The molecule has 28 heavy (non-hydrogen) atoms. The summed E-state index contributed by atoms with van der Waals surface area (Å²) in [4.78, 5) is 4.68. The van der Waals surface area contributed by atoms with E-state index < -0.39 is 0 Å². The Kier molecular flexibility index (Phi) is 13.3. The molecule has 1 aliphatic rings. The van der Waals surface area contributed by atoms with Gasteiger partial charge in [-0.25, -0.2) is 4.99 Å². The Morgan fingerprint density at radius 3 is 2.82 bits per heavy atom. The maximum absolute atomic E-state index is 5.74. The van der Waals surface area contributed by atoms with Crippen LogP contribution in [-0.4, -0.2) is 52.1 Å². The van der Waals surface area contributed by atoms with Crippen LogP contribution in [0.1, 0.15) is 37.8 Å². The van der Waals surface area contributed by atoms with Gasteiger partial charge in [-0.2, -0.15) is 0 Å². The first kappa shape index (κ1) is 25.0. The zero-order valence-electron chi connectivity index (χ0n) is 17.5. The molecule has 0 spiro atoms. The average molecular weight is 505 g/mol. The third-order valence-electron chi connectivity index (χ3n) is 4.44. The maximum Gasteiger partial charge on any atom is 0.191 e. The second kappa shape index (κ2) is 14.9. The Labute approximate surface area is 186 Å². The Bertz CT molecular complexity index is 578. The van der Waals surface area contributed by atoms with Gasteiger partial charge in [-0.3, -0.25) is 0 Å². The van der Waals surface area contributed by atoms with E-state index in [0.717, 1.165) is 69.6 Å². The zero-order valence-corrected chi connectivity index (χ0v) is 19.8. The predicted molar refractivity (Wildman–Crippen MR) is 125 cm³/mol. The Balaban J connectivity index is 0.00000392. The Morgan fingerprint density at radius 2 is 2.14 bits per heavy atom. The van der Waals surface area contributed by atoms with Crippen LogP contribution < -0.4 is 15.4 Å². The number of hydrogen-bond acceptors (Lipinski definition) is 4. The molecule has 1 saturated heterocycles. The smallest absolute Gasteiger partial charge is 0.191 e. The molecule has 0 bridgehead atoms. The van der Waals surface area contributed by atoms with Crippen molar-refractivity contribution in [3.8, 4) is 5.75 Å². The van der Waals surface area contributed by atoms with Crippen molar-refractivity contribution in [3.63, 3.8) is 0 Å². The topological polar surface area (TPSA) is 64.1 Å². The van der Waals surface area contributed by atoms with Crippen molar-refractivity contribution in [3.05, 3.63) is 29.3 Å². The lowest BCUT2D eigenvalue weighted by Crippen LogP contribution is -2.38. The molecule has 2 rings (SSSR count). The van der Waals surface area contributed by atoms with Crippen molar-refractivity contribution in [1.82, 2.24) is 10.6 Å². The van der Waals surface area contributed by atoms with Gasteiger partial charge in [0.1, 0.15) is 5.75 Å². The molecule has 0 radical (unpaired) electrons. The fourth-order valence-electron chi connectivity index (χ4n) is 2.99. The normalized spacial score (nSPS) is 16.5. The molecule has 2 N–H and O–H groups in total. The minimum atomic E-state index is 0. The van der Waals surface area contributed by atoms with Gasteiger partial charge < -0.3 is 24.8 Å². The van der Waals surface area contributed by atoms with Crippen LogP contribution in [0.4, 0.5) is 0 Å². The van der Waals surface area contributed by atoms with Gasteiger partial charge in [-0.1, -0.05) is 12.1 Å². The van der Waals surface area contributed by atoms with Crippen molar-refractivity contribution >= 4 is 29.9 Å². The number of rotatable bonds is 11. The van der Waals surface area contributed by atoms with Gasteiger partial charge in [-0.05, 0) is 50.8 Å². The number of nitrogens with one attached hydrogen (secondary N) is 2. The van der Waals surface area contributed by atoms with Crippen LogP contribution in [0, 0.1) is 12.8 Å². The van der Waals surface area contributed by atoms with Crippen molar-refractivity contribution in [1.29, 1.82) is 0 Å². The largest absolute Gasteiger partial charge is 0.494 e. The third kappa shape index (κ3) is 9.43. The molecule has 7 heteroatoms. The molecule has 0 aromatic heterocycles. The zero-order chi connectivity index (χ0) is 19.3. The van der Waals surface area contributed by atoms with Crippen LogP contribution in [0.2, 0.25) is 0 Å². The first-order valence-corrected chi connectivity index (χ1v) is 10.1. The van der Waals surface area contributed by atoms with E-state index >= 15 is 0 Å². The fraction of sp³-hybridized carbons (Fsp3) is 0.667. The summed E-state index contributed by atoms with van der Waals surface area (Å²) in [5, 5.41) is 6.67. The van der Waals surface area contributed by atoms with E-state index in [4.69, 9.17) is 14.2 Å². The second-order valence-electron chi connectivity index (χ2n) is 6.81. The molecule has 1 aromatic carbocycles. The van der Waals surface area contributed by atoms with E-state index in [-0.39, 0.29) is 24.0 Å². The number of hydrogen-bond donors (Lipinski definition) is 2. The highest BCUT2D eigenvalue weighted by Gasteiger charge is 2.15. The number of ether oxygens (including phenoxy) is 3. The van der Waals surface area contributed by atoms with Crippen molar-refractivity contribution < 1.29 is 14.2 Å². The van der Waals surface area contributed by atoms with E-state index in [1.165, 1.54) is 5.56 Å². The molecule has 1 unspecified atom stereocenters. The summed E-state index contributed by atoms with van der Waals surface area (Å²) in [6.07, 6.45) is 2.08. The van der Waals surface area contributed by atoms with Gasteiger partial charge in [0.15, 0.2) is 5.96 Å². The highest BCUT2D eigenvalue weighted by Crippen LogP contribution is 2.19. The highest BCUT2D eigenvalue weighted by molar-refractivity contribution is 14.0. The summed E-state index contributed by atoms with van der Waals surface area (Å²) in [6.45, 7) is 12.5. The van der Waals surface area contributed by atoms with E-state index in [9.17, 15) is 0 Å². The van der Waals surface area contributed by atoms with Crippen molar-refractivity contribution in [2.45, 2.75) is 40.2 Å². The lowest BCUT2D eigenvalue weighted by Gasteiger charge is -2.13.